The summed E-state index contributed by atoms with van der Waals surface area (Å²) in [7, 11) is 0. The Hall–Kier alpha value is -2.67. The maximum atomic E-state index is 7.57. The average molecular weight is 427 g/mol. The average Bonchev–Trinajstić information content (AvgIpc) is 3.24. The van der Waals surface area contributed by atoms with Crippen LogP contribution in [0.4, 0.5) is 11.6 Å². The van der Waals surface area contributed by atoms with Crippen molar-refractivity contribution < 1.29 is 5.11 Å². The molecule has 0 bridgehead atoms. The Labute approximate surface area is 186 Å². The van der Waals surface area contributed by atoms with Crippen LogP contribution in [0.1, 0.15) is 63.8 Å². The second kappa shape index (κ2) is 12.9. The van der Waals surface area contributed by atoms with Gasteiger partial charge in [-0.15, -0.1) is 0 Å². The first kappa shape index (κ1) is 24.6. The van der Waals surface area contributed by atoms with Crippen LogP contribution in [0.5, 0.6) is 0 Å². The quantitative estimate of drug-likeness (QED) is 0.620. The van der Waals surface area contributed by atoms with Crippen molar-refractivity contribution in [1.29, 1.82) is 0 Å². The number of aliphatic hydroxyl groups excluding tert-OH is 1. The van der Waals surface area contributed by atoms with E-state index in [4.69, 9.17) is 10.1 Å². The van der Waals surface area contributed by atoms with Gasteiger partial charge in [-0.3, -0.25) is 4.98 Å². The van der Waals surface area contributed by atoms with Gasteiger partial charge in [-0.1, -0.05) is 26.8 Å². The molecule has 3 aromatic heterocycles. The molecule has 1 fully saturated rings. The van der Waals surface area contributed by atoms with Gasteiger partial charge in [-0.05, 0) is 51.2 Å². The molecule has 7 heteroatoms. The summed E-state index contributed by atoms with van der Waals surface area (Å²) >= 11 is 0. The SMILES string of the molecule is CC.CCO.CCc1cnn2c(NCc3ccc(C)nc3)cc(N3CCCCC3)nc12. The van der Waals surface area contributed by atoms with Crippen molar-refractivity contribution in [2.75, 3.05) is 29.9 Å². The molecule has 4 rings (SSSR count). The number of pyridine rings is 1. The molecular formula is C24H38N6O. The number of aryl methyl sites for hydroxylation is 2. The van der Waals surface area contributed by atoms with Crippen LogP contribution in [0, 0.1) is 6.92 Å². The zero-order valence-electron chi connectivity index (χ0n) is 19.7. The molecule has 3 aromatic rings. The minimum absolute atomic E-state index is 0.250. The van der Waals surface area contributed by atoms with E-state index in [0.29, 0.717) is 6.54 Å². The fraction of sp³-hybridized carbons (Fsp3) is 0.542. The third kappa shape index (κ3) is 6.66. The predicted molar refractivity (Wildman–Crippen MR) is 129 cm³/mol. The van der Waals surface area contributed by atoms with E-state index < -0.39 is 0 Å². The van der Waals surface area contributed by atoms with E-state index >= 15 is 0 Å². The van der Waals surface area contributed by atoms with Gasteiger partial charge in [0, 0.05) is 49.8 Å². The Kier molecular flexibility index (Phi) is 10.2. The number of hydrogen-bond acceptors (Lipinski definition) is 6. The smallest absolute Gasteiger partial charge is 0.162 e. The molecule has 7 nitrogen and oxygen atoms in total. The van der Waals surface area contributed by atoms with Crippen LogP contribution >= 0.6 is 0 Å². The largest absolute Gasteiger partial charge is 0.397 e. The topological polar surface area (TPSA) is 78.6 Å². The molecule has 4 heterocycles. The first-order chi connectivity index (χ1) is 15.2. The molecule has 0 aromatic carbocycles. The van der Waals surface area contributed by atoms with Crippen molar-refractivity contribution in [3.8, 4) is 0 Å². The number of aromatic nitrogens is 4. The van der Waals surface area contributed by atoms with Crippen LogP contribution < -0.4 is 10.2 Å². The highest BCUT2D eigenvalue weighted by molar-refractivity contribution is 5.61. The highest BCUT2D eigenvalue weighted by Crippen LogP contribution is 2.24. The number of aliphatic hydroxyl groups is 1. The van der Waals surface area contributed by atoms with Gasteiger partial charge in [-0.25, -0.2) is 4.98 Å². The van der Waals surface area contributed by atoms with Crippen molar-refractivity contribution in [2.24, 2.45) is 0 Å². The number of fused-ring (bicyclic) bond motifs is 1. The summed E-state index contributed by atoms with van der Waals surface area (Å²) < 4.78 is 1.92. The first-order valence-electron chi connectivity index (χ1n) is 11.5. The van der Waals surface area contributed by atoms with E-state index in [1.165, 1.54) is 24.8 Å². The highest BCUT2D eigenvalue weighted by atomic mass is 16.2. The van der Waals surface area contributed by atoms with E-state index in [1.54, 1.807) is 6.92 Å². The summed E-state index contributed by atoms with van der Waals surface area (Å²) in [6, 6.07) is 6.29. The van der Waals surface area contributed by atoms with E-state index in [-0.39, 0.29) is 6.61 Å². The summed E-state index contributed by atoms with van der Waals surface area (Å²) in [6.45, 7) is 13.0. The number of anilines is 2. The number of nitrogens with zero attached hydrogens (tertiary/aromatic N) is 5. The molecule has 0 aliphatic carbocycles. The predicted octanol–water partition coefficient (Wildman–Crippen LogP) is 4.62. The van der Waals surface area contributed by atoms with Crippen molar-refractivity contribution in [2.45, 2.75) is 66.8 Å². The van der Waals surface area contributed by atoms with Crippen LogP contribution in [-0.4, -0.2) is 44.4 Å². The summed E-state index contributed by atoms with van der Waals surface area (Å²) in [5.74, 6) is 2.03. The zero-order chi connectivity index (χ0) is 22.6. The lowest BCUT2D eigenvalue weighted by molar-refractivity contribution is 0.318. The highest BCUT2D eigenvalue weighted by Gasteiger charge is 2.17. The second-order valence-electron chi connectivity index (χ2n) is 7.28. The van der Waals surface area contributed by atoms with Gasteiger partial charge in [0.05, 0.1) is 6.20 Å². The van der Waals surface area contributed by atoms with Crippen molar-refractivity contribution in [3.05, 3.63) is 47.4 Å². The maximum Gasteiger partial charge on any atom is 0.162 e. The fourth-order valence-electron chi connectivity index (χ4n) is 3.45. The summed E-state index contributed by atoms with van der Waals surface area (Å²) in [5, 5.41) is 15.7. The molecule has 1 aliphatic rings. The van der Waals surface area contributed by atoms with Crippen molar-refractivity contribution in [1.82, 2.24) is 19.6 Å². The third-order valence-electron chi connectivity index (χ3n) is 5.04. The Morgan fingerprint density at radius 1 is 1.06 bits per heavy atom. The van der Waals surface area contributed by atoms with Gasteiger partial charge in [0.1, 0.15) is 11.6 Å². The van der Waals surface area contributed by atoms with Gasteiger partial charge >= 0.3 is 0 Å². The second-order valence-corrected chi connectivity index (χ2v) is 7.28. The lowest BCUT2D eigenvalue weighted by Gasteiger charge is -2.28. The molecule has 0 atom stereocenters. The minimum atomic E-state index is 0.250. The third-order valence-corrected chi connectivity index (χ3v) is 5.04. The Bertz CT molecular complexity index is 900. The summed E-state index contributed by atoms with van der Waals surface area (Å²) in [5.41, 5.74) is 4.33. The molecule has 2 N–H and O–H groups in total. The van der Waals surface area contributed by atoms with Crippen LogP contribution in [-0.2, 0) is 13.0 Å². The normalized spacial score (nSPS) is 13.2. The summed E-state index contributed by atoms with van der Waals surface area (Å²) in [4.78, 5) is 11.7. The van der Waals surface area contributed by atoms with Crippen LogP contribution in [0.2, 0.25) is 0 Å². The van der Waals surface area contributed by atoms with Crippen LogP contribution in [0.15, 0.2) is 30.6 Å². The van der Waals surface area contributed by atoms with Crippen molar-refractivity contribution >= 4 is 17.3 Å². The van der Waals surface area contributed by atoms with Gasteiger partial charge in [0.25, 0.3) is 0 Å². The Morgan fingerprint density at radius 2 is 1.77 bits per heavy atom. The monoisotopic (exact) mass is 426 g/mol. The molecule has 1 saturated heterocycles. The number of piperidine rings is 1. The Balaban J connectivity index is 0.000000630. The number of rotatable bonds is 5. The maximum absolute atomic E-state index is 7.57. The van der Waals surface area contributed by atoms with Gasteiger partial charge in [0.2, 0.25) is 0 Å². The van der Waals surface area contributed by atoms with Gasteiger partial charge in [0.15, 0.2) is 5.65 Å². The van der Waals surface area contributed by atoms with Crippen LogP contribution in [0.3, 0.4) is 0 Å². The molecular weight excluding hydrogens is 388 g/mol. The molecule has 0 amide bonds. The standard InChI is InChI=1S/C20H26N6.C2H6O.C2H6/c1-3-17-14-23-26-18(22-13-16-8-7-15(2)21-12-16)11-19(24-20(17)26)25-9-5-4-6-10-25;1-2-3;1-2/h7-8,11-12,14,22H,3-6,9-10,13H2,1-2H3;3H,2H2,1H3;1-2H3. The van der Waals surface area contributed by atoms with E-state index in [2.05, 4.69) is 39.4 Å². The van der Waals surface area contributed by atoms with Gasteiger partial charge < -0.3 is 15.3 Å². The fourth-order valence-corrected chi connectivity index (χ4v) is 3.45. The molecule has 170 valence electrons. The lowest BCUT2D eigenvalue weighted by atomic mass is 10.1. The van der Waals surface area contributed by atoms with Crippen molar-refractivity contribution in [3.63, 3.8) is 0 Å². The minimum Gasteiger partial charge on any atom is -0.397 e. The van der Waals surface area contributed by atoms with Gasteiger partial charge in [-0.2, -0.15) is 9.61 Å². The Morgan fingerprint density at radius 3 is 2.39 bits per heavy atom. The molecule has 1 aliphatic heterocycles. The number of hydrogen-bond donors (Lipinski definition) is 2. The van der Waals surface area contributed by atoms with E-state index in [0.717, 1.165) is 48.1 Å². The molecule has 0 unspecified atom stereocenters. The molecule has 31 heavy (non-hydrogen) atoms. The summed E-state index contributed by atoms with van der Waals surface area (Å²) in [6.07, 6.45) is 8.58. The molecule has 0 spiro atoms. The lowest BCUT2D eigenvalue weighted by Crippen LogP contribution is -2.30. The molecule has 0 saturated carbocycles. The van der Waals surface area contributed by atoms with Crippen LogP contribution in [0.25, 0.3) is 5.65 Å². The van der Waals surface area contributed by atoms with E-state index in [1.807, 2.05) is 43.7 Å². The van der Waals surface area contributed by atoms with E-state index in [9.17, 15) is 0 Å². The molecule has 0 radical (unpaired) electrons. The zero-order valence-corrected chi connectivity index (χ0v) is 19.7. The number of nitrogens with one attached hydrogen (secondary N) is 1. The first-order valence-corrected chi connectivity index (χ1v) is 11.5.